The Hall–Kier alpha value is -1.66. The summed E-state index contributed by atoms with van der Waals surface area (Å²) < 4.78 is 5.35. The molecule has 2 aromatic rings. The summed E-state index contributed by atoms with van der Waals surface area (Å²) in [5.74, 6) is -0.0302. The first-order valence-corrected chi connectivity index (χ1v) is 7.56. The van der Waals surface area contributed by atoms with Crippen molar-refractivity contribution in [3.63, 3.8) is 0 Å². The number of nitrogens with zero attached hydrogens (tertiary/aromatic N) is 1. The molecule has 1 aliphatic rings. The van der Waals surface area contributed by atoms with E-state index >= 15 is 0 Å². The molecule has 0 bridgehead atoms. The van der Waals surface area contributed by atoms with Crippen LogP contribution in [0.5, 0.6) is 0 Å². The molecule has 21 heavy (non-hydrogen) atoms. The zero-order chi connectivity index (χ0) is 15.0. The Labute approximate surface area is 127 Å². The number of nitrogens with one attached hydrogen (secondary N) is 1. The summed E-state index contributed by atoms with van der Waals surface area (Å²) in [7, 11) is 0. The number of likely N-dealkylation sites (tertiary alicyclic amines) is 1. The highest BCUT2D eigenvalue weighted by atomic mass is 32.1. The predicted molar refractivity (Wildman–Crippen MR) is 81.8 cm³/mol. The van der Waals surface area contributed by atoms with E-state index in [0.717, 1.165) is 11.9 Å². The number of oxazole rings is 1. The van der Waals surface area contributed by atoms with Crippen molar-refractivity contribution in [3.8, 4) is 0 Å². The lowest BCUT2D eigenvalue weighted by molar-refractivity contribution is -0.0193. The molecule has 112 valence electrons. The maximum atomic E-state index is 12.5. The molecular formula is C15H18N2O3S. The van der Waals surface area contributed by atoms with E-state index < -0.39 is 5.60 Å². The number of hydrogen-bond donors (Lipinski definition) is 2. The minimum absolute atomic E-state index is 0.0302. The highest BCUT2D eigenvalue weighted by Gasteiger charge is 2.32. The zero-order valence-corrected chi connectivity index (χ0v) is 12.7. The number of fused-ring (bicyclic) bond motifs is 1. The van der Waals surface area contributed by atoms with Crippen molar-refractivity contribution in [1.29, 1.82) is 0 Å². The molecule has 1 saturated heterocycles. The molecule has 0 atom stereocenters. The maximum Gasteiger partial charge on any atom is 0.266 e. The third-order valence-electron chi connectivity index (χ3n) is 4.31. The van der Waals surface area contributed by atoms with Gasteiger partial charge in [0.2, 0.25) is 0 Å². The summed E-state index contributed by atoms with van der Waals surface area (Å²) in [6.45, 7) is 3.14. The van der Waals surface area contributed by atoms with Crippen LogP contribution in [0.4, 0.5) is 0 Å². The van der Waals surface area contributed by atoms with Crippen molar-refractivity contribution in [3.05, 3.63) is 28.6 Å². The lowest BCUT2D eigenvalue weighted by atomic mass is 9.89. The first-order chi connectivity index (χ1) is 10.0. The van der Waals surface area contributed by atoms with Crippen LogP contribution in [0.15, 0.2) is 22.6 Å². The third-order valence-corrected chi connectivity index (χ3v) is 4.49. The highest BCUT2D eigenvalue weighted by molar-refractivity contribution is 7.71. The topological polar surface area (TPSA) is 69.5 Å². The number of carbonyl (C=O) groups excluding carboxylic acids is 1. The molecule has 0 saturated carbocycles. The fraction of sp³-hybridized carbons (Fsp3) is 0.467. The van der Waals surface area contributed by atoms with Gasteiger partial charge in [0.1, 0.15) is 0 Å². The maximum absolute atomic E-state index is 12.5. The standard InChI is InChI=1S/C15H18N2O3S/c1-2-15(19)5-7-17(8-6-15)13(18)10-3-4-11-12(9-10)20-14(21)16-11/h3-4,9,19H,2,5-8H2,1H3,(H,16,21). The number of rotatable bonds is 2. The Balaban J connectivity index is 1.79. The molecule has 6 heteroatoms. The van der Waals surface area contributed by atoms with E-state index in [0.29, 0.717) is 41.9 Å². The average Bonchev–Trinajstić information content (AvgIpc) is 2.86. The zero-order valence-electron chi connectivity index (χ0n) is 11.9. The number of aromatic nitrogens is 1. The van der Waals surface area contributed by atoms with E-state index in [4.69, 9.17) is 16.6 Å². The molecule has 0 unspecified atom stereocenters. The molecule has 2 N–H and O–H groups in total. The Kier molecular flexibility index (Phi) is 3.59. The summed E-state index contributed by atoms with van der Waals surface area (Å²) in [6, 6.07) is 5.28. The van der Waals surface area contributed by atoms with E-state index in [1.54, 1.807) is 23.1 Å². The number of benzene rings is 1. The number of amides is 1. The number of piperidine rings is 1. The van der Waals surface area contributed by atoms with Gasteiger partial charge < -0.3 is 19.4 Å². The van der Waals surface area contributed by atoms with Crippen LogP contribution in [0.2, 0.25) is 0 Å². The van der Waals surface area contributed by atoms with Crippen molar-refractivity contribution in [2.24, 2.45) is 0 Å². The normalized spacial score (nSPS) is 18.1. The molecule has 2 heterocycles. The lowest BCUT2D eigenvalue weighted by Crippen LogP contribution is -2.46. The van der Waals surface area contributed by atoms with Crippen LogP contribution in [0, 0.1) is 4.84 Å². The number of aromatic amines is 1. The number of H-pyrrole nitrogens is 1. The second kappa shape index (κ2) is 5.27. The quantitative estimate of drug-likeness (QED) is 0.837. The number of hydrogen-bond acceptors (Lipinski definition) is 4. The van der Waals surface area contributed by atoms with Gasteiger partial charge in [0, 0.05) is 18.7 Å². The summed E-state index contributed by atoms with van der Waals surface area (Å²) in [5.41, 5.74) is 1.35. The summed E-state index contributed by atoms with van der Waals surface area (Å²) in [4.78, 5) is 17.5. The molecule has 1 aromatic heterocycles. The molecule has 5 nitrogen and oxygen atoms in total. The molecule has 0 aliphatic carbocycles. The SMILES string of the molecule is CCC1(O)CCN(C(=O)c2ccc3[nH]c(=S)oc3c2)CC1. The molecule has 1 fully saturated rings. The van der Waals surface area contributed by atoms with Crippen molar-refractivity contribution in [2.75, 3.05) is 13.1 Å². The second-order valence-corrected chi connectivity index (χ2v) is 5.97. The van der Waals surface area contributed by atoms with Crippen molar-refractivity contribution in [2.45, 2.75) is 31.8 Å². The predicted octanol–water partition coefficient (Wildman–Crippen LogP) is 2.87. The molecule has 0 radical (unpaired) electrons. The fourth-order valence-corrected chi connectivity index (χ4v) is 2.94. The van der Waals surface area contributed by atoms with Crippen LogP contribution in [0.3, 0.4) is 0 Å². The molecular weight excluding hydrogens is 288 g/mol. The van der Waals surface area contributed by atoms with Gasteiger partial charge in [0.05, 0.1) is 11.1 Å². The summed E-state index contributed by atoms with van der Waals surface area (Å²) in [5, 5.41) is 10.2. The fourth-order valence-electron chi connectivity index (χ4n) is 2.74. The highest BCUT2D eigenvalue weighted by Crippen LogP contribution is 2.26. The van der Waals surface area contributed by atoms with E-state index in [-0.39, 0.29) is 5.91 Å². The van der Waals surface area contributed by atoms with E-state index in [1.165, 1.54) is 0 Å². The monoisotopic (exact) mass is 306 g/mol. The number of aliphatic hydroxyl groups is 1. The minimum atomic E-state index is -0.617. The van der Waals surface area contributed by atoms with Crippen molar-refractivity contribution in [1.82, 2.24) is 9.88 Å². The van der Waals surface area contributed by atoms with Gasteiger partial charge in [-0.05, 0) is 49.7 Å². The van der Waals surface area contributed by atoms with Crippen LogP contribution in [-0.4, -0.2) is 39.6 Å². The van der Waals surface area contributed by atoms with Crippen molar-refractivity contribution < 1.29 is 14.3 Å². The molecule has 0 spiro atoms. The van der Waals surface area contributed by atoms with E-state index in [1.807, 2.05) is 6.92 Å². The van der Waals surface area contributed by atoms with Crippen LogP contribution < -0.4 is 0 Å². The Morgan fingerprint density at radius 2 is 2.19 bits per heavy atom. The van der Waals surface area contributed by atoms with Crippen LogP contribution in [0.1, 0.15) is 36.5 Å². The number of carbonyl (C=O) groups is 1. The first kappa shape index (κ1) is 14.3. The molecule has 3 rings (SSSR count). The smallest absolute Gasteiger partial charge is 0.266 e. The van der Waals surface area contributed by atoms with Gasteiger partial charge >= 0.3 is 0 Å². The summed E-state index contributed by atoms with van der Waals surface area (Å²) >= 11 is 4.94. The first-order valence-electron chi connectivity index (χ1n) is 7.15. The molecule has 1 aliphatic heterocycles. The van der Waals surface area contributed by atoms with Gasteiger partial charge in [0.15, 0.2) is 5.58 Å². The van der Waals surface area contributed by atoms with Gasteiger partial charge in [-0.15, -0.1) is 0 Å². The van der Waals surface area contributed by atoms with E-state index in [9.17, 15) is 9.90 Å². The minimum Gasteiger partial charge on any atom is -0.429 e. The van der Waals surface area contributed by atoms with Crippen LogP contribution >= 0.6 is 12.2 Å². The van der Waals surface area contributed by atoms with Crippen LogP contribution in [-0.2, 0) is 0 Å². The van der Waals surface area contributed by atoms with Gasteiger partial charge in [-0.25, -0.2) is 0 Å². The van der Waals surface area contributed by atoms with Gasteiger partial charge in [-0.1, -0.05) is 6.92 Å². The molecule has 1 amide bonds. The Bertz CT molecular complexity index is 726. The van der Waals surface area contributed by atoms with E-state index in [2.05, 4.69) is 4.98 Å². The average molecular weight is 306 g/mol. The second-order valence-electron chi connectivity index (χ2n) is 5.60. The molecule has 1 aromatic carbocycles. The van der Waals surface area contributed by atoms with Crippen LogP contribution in [0.25, 0.3) is 11.1 Å². The summed E-state index contributed by atoms with van der Waals surface area (Å²) in [6.07, 6.45) is 1.98. The van der Waals surface area contributed by atoms with Crippen molar-refractivity contribution >= 4 is 29.2 Å². The van der Waals surface area contributed by atoms with Gasteiger partial charge in [0.25, 0.3) is 10.7 Å². The Morgan fingerprint density at radius 1 is 1.48 bits per heavy atom. The largest absolute Gasteiger partial charge is 0.429 e. The third kappa shape index (κ3) is 2.73. The van der Waals surface area contributed by atoms with Gasteiger partial charge in [-0.3, -0.25) is 4.79 Å². The Morgan fingerprint density at radius 3 is 2.86 bits per heavy atom. The lowest BCUT2D eigenvalue weighted by Gasteiger charge is -2.37. The van der Waals surface area contributed by atoms with Gasteiger partial charge in [-0.2, -0.15) is 0 Å².